The normalized spacial score (nSPS) is 10.5. The van der Waals surface area contributed by atoms with E-state index in [2.05, 4.69) is 12.2 Å². The molecule has 3 rings (SSSR count). The fourth-order valence-electron chi connectivity index (χ4n) is 2.43. The Hall–Kier alpha value is -2.81. The predicted octanol–water partition coefficient (Wildman–Crippen LogP) is 5.20. The van der Waals surface area contributed by atoms with E-state index in [0.717, 1.165) is 16.9 Å². The fraction of sp³-hybridized carbons (Fsp3) is 0.105. The van der Waals surface area contributed by atoms with Gasteiger partial charge in [0.25, 0.3) is 0 Å². The third-order valence-corrected chi connectivity index (χ3v) is 3.54. The molecule has 0 radical (unpaired) electrons. The number of ketones is 1. The Morgan fingerprint density at radius 2 is 1.77 bits per heavy atom. The first kappa shape index (κ1) is 14.1. The molecule has 3 heteroatoms. The summed E-state index contributed by atoms with van der Waals surface area (Å²) in [5.74, 6) is 0.694. The van der Waals surface area contributed by atoms with Gasteiger partial charge < -0.3 is 9.73 Å². The largest absolute Gasteiger partial charge is 0.464 e. The number of carbonyl (C=O) groups excluding carboxylic acids is 1. The number of furan rings is 1. The molecule has 0 bridgehead atoms. The summed E-state index contributed by atoms with van der Waals surface area (Å²) in [5, 5.41) is 3.37. The molecule has 3 nitrogen and oxygen atoms in total. The number of hydrogen-bond donors (Lipinski definition) is 1. The number of rotatable bonds is 4. The molecule has 0 amide bonds. The predicted molar refractivity (Wildman–Crippen MR) is 88.6 cm³/mol. The monoisotopic (exact) mass is 291 g/mol. The molecule has 2 aromatic carbocycles. The number of aryl methyl sites for hydroxylation is 1. The van der Waals surface area contributed by atoms with E-state index in [-0.39, 0.29) is 5.78 Å². The molecule has 0 fully saturated rings. The van der Waals surface area contributed by atoms with Crippen molar-refractivity contribution in [1.29, 1.82) is 0 Å². The third-order valence-electron chi connectivity index (χ3n) is 3.54. The molecule has 1 aromatic heterocycles. The Kier molecular flexibility index (Phi) is 3.79. The standard InChI is InChI=1S/C19H17NO2/c1-13-8-10-15(11-9-13)20-17-6-3-5-16(14(2)21)19(17)18-7-4-12-22-18/h3-12,20H,1-2H3. The molecule has 22 heavy (non-hydrogen) atoms. The van der Waals surface area contributed by atoms with Crippen LogP contribution in [0.2, 0.25) is 0 Å². The van der Waals surface area contributed by atoms with Gasteiger partial charge in [-0.1, -0.05) is 29.8 Å². The van der Waals surface area contributed by atoms with E-state index in [1.807, 2.05) is 54.6 Å². The molecular weight excluding hydrogens is 274 g/mol. The minimum atomic E-state index is 0.0129. The first-order valence-electron chi connectivity index (χ1n) is 7.16. The van der Waals surface area contributed by atoms with E-state index in [1.54, 1.807) is 13.2 Å². The van der Waals surface area contributed by atoms with E-state index < -0.39 is 0 Å². The van der Waals surface area contributed by atoms with Crippen LogP contribution in [0.4, 0.5) is 11.4 Å². The lowest BCUT2D eigenvalue weighted by atomic mass is 10.00. The minimum absolute atomic E-state index is 0.0129. The van der Waals surface area contributed by atoms with E-state index in [1.165, 1.54) is 5.56 Å². The van der Waals surface area contributed by atoms with Gasteiger partial charge in [0, 0.05) is 11.3 Å². The van der Waals surface area contributed by atoms with Crippen LogP contribution in [-0.4, -0.2) is 5.78 Å². The summed E-state index contributed by atoms with van der Waals surface area (Å²) in [6, 6.07) is 17.4. The molecule has 1 heterocycles. The maximum Gasteiger partial charge on any atom is 0.160 e. The number of nitrogens with one attached hydrogen (secondary N) is 1. The molecule has 0 aliphatic rings. The molecule has 0 saturated heterocycles. The Bertz CT molecular complexity index is 787. The van der Waals surface area contributed by atoms with Gasteiger partial charge in [-0.3, -0.25) is 4.79 Å². The van der Waals surface area contributed by atoms with Gasteiger partial charge >= 0.3 is 0 Å². The van der Waals surface area contributed by atoms with Crippen LogP contribution in [0.15, 0.2) is 65.3 Å². The summed E-state index contributed by atoms with van der Waals surface area (Å²) in [6.07, 6.45) is 1.61. The summed E-state index contributed by atoms with van der Waals surface area (Å²) >= 11 is 0. The number of benzene rings is 2. The number of hydrogen-bond acceptors (Lipinski definition) is 3. The maximum absolute atomic E-state index is 11.9. The number of Topliss-reactive ketones (excluding diaryl/α,β-unsaturated/α-hetero) is 1. The highest BCUT2D eigenvalue weighted by atomic mass is 16.3. The van der Waals surface area contributed by atoms with Crippen LogP contribution in [0.3, 0.4) is 0 Å². The Morgan fingerprint density at radius 3 is 2.41 bits per heavy atom. The van der Waals surface area contributed by atoms with Crippen molar-refractivity contribution in [1.82, 2.24) is 0 Å². The molecule has 1 N–H and O–H groups in total. The zero-order valence-electron chi connectivity index (χ0n) is 12.6. The van der Waals surface area contributed by atoms with Gasteiger partial charge in [0.2, 0.25) is 0 Å². The summed E-state index contributed by atoms with van der Waals surface area (Å²) in [7, 11) is 0. The first-order valence-corrected chi connectivity index (χ1v) is 7.16. The fourth-order valence-corrected chi connectivity index (χ4v) is 2.43. The minimum Gasteiger partial charge on any atom is -0.464 e. The second-order valence-electron chi connectivity index (χ2n) is 5.25. The Balaban J connectivity index is 2.09. The zero-order valence-corrected chi connectivity index (χ0v) is 12.6. The lowest BCUT2D eigenvalue weighted by Crippen LogP contribution is -2.00. The smallest absolute Gasteiger partial charge is 0.160 e. The Morgan fingerprint density at radius 1 is 1.00 bits per heavy atom. The molecule has 0 atom stereocenters. The van der Waals surface area contributed by atoms with Crippen molar-refractivity contribution in [2.75, 3.05) is 5.32 Å². The molecule has 3 aromatic rings. The second kappa shape index (κ2) is 5.90. The highest BCUT2D eigenvalue weighted by Gasteiger charge is 2.16. The van der Waals surface area contributed by atoms with Crippen LogP contribution in [0.1, 0.15) is 22.8 Å². The van der Waals surface area contributed by atoms with Crippen molar-refractivity contribution in [3.63, 3.8) is 0 Å². The van der Waals surface area contributed by atoms with E-state index in [9.17, 15) is 4.79 Å². The van der Waals surface area contributed by atoms with Crippen molar-refractivity contribution in [3.05, 3.63) is 72.0 Å². The molecular formula is C19H17NO2. The van der Waals surface area contributed by atoms with Gasteiger partial charge in [-0.05, 0) is 44.2 Å². The Labute approximate surface area is 129 Å². The topological polar surface area (TPSA) is 42.2 Å². The molecule has 0 saturated carbocycles. The summed E-state index contributed by atoms with van der Waals surface area (Å²) < 4.78 is 5.52. The SMILES string of the molecule is CC(=O)c1cccc(Nc2ccc(C)cc2)c1-c1ccco1. The molecule has 110 valence electrons. The highest BCUT2D eigenvalue weighted by molar-refractivity contribution is 6.03. The zero-order chi connectivity index (χ0) is 15.5. The third kappa shape index (κ3) is 2.79. The highest BCUT2D eigenvalue weighted by Crippen LogP contribution is 2.34. The van der Waals surface area contributed by atoms with Crippen molar-refractivity contribution in [2.24, 2.45) is 0 Å². The molecule has 0 aliphatic carbocycles. The summed E-state index contributed by atoms with van der Waals surface area (Å²) in [4.78, 5) is 11.9. The van der Waals surface area contributed by atoms with Crippen molar-refractivity contribution >= 4 is 17.2 Å². The van der Waals surface area contributed by atoms with Crippen LogP contribution in [0.25, 0.3) is 11.3 Å². The average molecular weight is 291 g/mol. The number of anilines is 2. The molecule has 0 aliphatic heterocycles. The maximum atomic E-state index is 11.9. The summed E-state index contributed by atoms with van der Waals surface area (Å²) in [5.41, 5.74) is 4.47. The van der Waals surface area contributed by atoms with Gasteiger partial charge in [0.05, 0.1) is 17.5 Å². The first-order chi connectivity index (χ1) is 10.6. The lowest BCUT2D eigenvalue weighted by molar-refractivity contribution is 0.101. The van der Waals surface area contributed by atoms with E-state index in [0.29, 0.717) is 11.3 Å². The van der Waals surface area contributed by atoms with E-state index in [4.69, 9.17) is 4.42 Å². The lowest BCUT2D eigenvalue weighted by Gasteiger charge is -2.14. The van der Waals surface area contributed by atoms with Crippen molar-refractivity contribution < 1.29 is 9.21 Å². The van der Waals surface area contributed by atoms with Gasteiger partial charge in [-0.2, -0.15) is 0 Å². The molecule has 0 unspecified atom stereocenters. The number of carbonyl (C=O) groups is 1. The summed E-state index contributed by atoms with van der Waals surface area (Å²) in [6.45, 7) is 3.62. The second-order valence-corrected chi connectivity index (χ2v) is 5.25. The van der Waals surface area contributed by atoms with Crippen molar-refractivity contribution in [3.8, 4) is 11.3 Å². The van der Waals surface area contributed by atoms with Crippen LogP contribution in [0, 0.1) is 6.92 Å². The van der Waals surface area contributed by atoms with E-state index >= 15 is 0 Å². The van der Waals surface area contributed by atoms with Crippen molar-refractivity contribution in [2.45, 2.75) is 13.8 Å². The quantitative estimate of drug-likeness (QED) is 0.672. The van der Waals surface area contributed by atoms with Crippen LogP contribution < -0.4 is 5.32 Å². The average Bonchev–Trinajstić information content (AvgIpc) is 3.03. The molecule has 0 spiro atoms. The van der Waals surface area contributed by atoms with Crippen LogP contribution in [0.5, 0.6) is 0 Å². The van der Waals surface area contributed by atoms with Crippen LogP contribution >= 0.6 is 0 Å². The van der Waals surface area contributed by atoms with Crippen LogP contribution in [-0.2, 0) is 0 Å². The van der Waals surface area contributed by atoms with Gasteiger partial charge in [-0.15, -0.1) is 0 Å². The van der Waals surface area contributed by atoms with Gasteiger partial charge in [0.1, 0.15) is 5.76 Å². The van der Waals surface area contributed by atoms with Gasteiger partial charge in [-0.25, -0.2) is 0 Å². The van der Waals surface area contributed by atoms with Gasteiger partial charge in [0.15, 0.2) is 5.78 Å².